The summed E-state index contributed by atoms with van der Waals surface area (Å²) in [6.45, 7) is 6.34. The van der Waals surface area contributed by atoms with E-state index < -0.39 is 5.79 Å². The lowest BCUT2D eigenvalue weighted by atomic mass is 10.3. The minimum Gasteiger partial charge on any atom is -0.347 e. The Hall–Kier alpha value is -1.27. The number of carbonyl (C=O) groups is 1. The molecule has 1 aliphatic heterocycles. The number of hydrogen-bond acceptors (Lipinski definition) is 5. The van der Waals surface area contributed by atoms with E-state index in [-0.39, 0.29) is 11.9 Å². The van der Waals surface area contributed by atoms with Gasteiger partial charge in [-0.05, 0) is 20.8 Å². The molecule has 1 aromatic rings. The standard InChI is InChI=1S/C11H17N3O3/c1-8(15)4-5-14-6-9(12-13-14)10-7-16-11(2,3)17-10/h6,10H,4-5,7H2,1-3H3. The third-order valence-corrected chi connectivity index (χ3v) is 2.59. The summed E-state index contributed by atoms with van der Waals surface area (Å²) < 4.78 is 12.8. The lowest BCUT2D eigenvalue weighted by molar-refractivity contribution is -0.139. The van der Waals surface area contributed by atoms with Gasteiger partial charge in [0.2, 0.25) is 0 Å². The summed E-state index contributed by atoms with van der Waals surface area (Å²) in [7, 11) is 0. The molecule has 1 fully saturated rings. The molecule has 1 saturated heterocycles. The van der Waals surface area contributed by atoms with Gasteiger partial charge in [-0.1, -0.05) is 5.21 Å². The molecule has 0 spiro atoms. The average molecular weight is 239 g/mol. The lowest BCUT2D eigenvalue weighted by Crippen LogP contribution is -2.19. The molecule has 2 rings (SSSR count). The normalized spacial score (nSPS) is 22.9. The van der Waals surface area contributed by atoms with Gasteiger partial charge in [-0.2, -0.15) is 0 Å². The Balaban J connectivity index is 1.97. The maximum Gasteiger partial charge on any atom is 0.163 e. The lowest BCUT2D eigenvalue weighted by Gasteiger charge is -2.15. The third-order valence-electron chi connectivity index (χ3n) is 2.59. The summed E-state index contributed by atoms with van der Waals surface area (Å²) in [5.74, 6) is -0.419. The van der Waals surface area contributed by atoms with Crippen molar-refractivity contribution in [3.05, 3.63) is 11.9 Å². The first-order valence-electron chi connectivity index (χ1n) is 5.67. The van der Waals surface area contributed by atoms with Crippen LogP contribution in [0, 0.1) is 0 Å². The van der Waals surface area contributed by atoms with Crippen molar-refractivity contribution in [3.63, 3.8) is 0 Å². The number of aromatic nitrogens is 3. The molecular weight excluding hydrogens is 222 g/mol. The molecule has 0 saturated carbocycles. The van der Waals surface area contributed by atoms with Gasteiger partial charge >= 0.3 is 0 Å². The fourth-order valence-electron chi connectivity index (χ4n) is 1.67. The molecule has 2 heterocycles. The number of ketones is 1. The fourth-order valence-corrected chi connectivity index (χ4v) is 1.67. The summed E-state index contributed by atoms with van der Waals surface area (Å²) in [6.07, 6.45) is 2.10. The van der Waals surface area contributed by atoms with Crippen molar-refractivity contribution in [3.8, 4) is 0 Å². The molecule has 6 nitrogen and oxygen atoms in total. The molecule has 0 radical (unpaired) electrons. The van der Waals surface area contributed by atoms with E-state index in [9.17, 15) is 4.79 Å². The molecule has 1 unspecified atom stereocenters. The predicted octanol–water partition coefficient (Wildman–Crippen LogP) is 1.08. The summed E-state index contributed by atoms with van der Waals surface area (Å²) in [5, 5.41) is 8.00. The summed E-state index contributed by atoms with van der Waals surface area (Å²) in [4.78, 5) is 10.9. The highest BCUT2D eigenvalue weighted by Gasteiger charge is 2.35. The van der Waals surface area contributed by atoms with Gasteiger partial charge in [0, 0.05) is 13.0 Å². The van der Waals surface area contributed by atoms with E-state index in [2.05, 4.69) is 10.3 Å². The number of ether oxygens (including phenoxy) is 2. The second kappa shape index (κ2) is 4.54. The maximum absolute atomic E-state index is 10.9. The van der Waals surface area contributed by atoms with E-state index in [1.165, 1.54) is 0 Å². The zero-order valence-corrected chi connectivity index (χ0v) is 10.3. The third kappa shape index (κ3) is 3.10. The molecule has 94 valence electrons. The smallest absolute Gasteiger partial charge is 0.163 e. The van der Waals surface area contributed by atoms with Crippen molar-refractivity contribution in [2.75, 3.05) is 6.61 Å². The Morgan fingerprint density at radius 3 is 3.00 bits per heavy atom. The first kappa shape index (κ1) is 12.2. The number of aryl methyl sites for hydroxylation is 1. The average Bonchev–Trinajstić information content (AvgIpc) is 2.81. The van der Waals surface area contributed by atoms with Gasteiger partial charge in [0.05, 0.1) is 12.8 Å². The monoisotopic (exact) mass is 239 g/mol. The van der Waals surface area contributed by atoms with Crippen LogP contribution in [0.4, 0.5) is 0 Å². The van der Waals surface area contributed by atoms with E-state index in [1.54, 1.807) is 17.8 Å². The van der Waals surface area contributed by atoms with E-state index in [4.69, 9.17) is 9.47 Å². The molecule has 6 heteroatoms. The Labute approximate surface area is 99.9 Å². The second-order valence-electron chi connectivity index (χ2n) is 4.68. The highest BCUT2D eigenvalue weighted by molar-refractivity contribution is 5.75. The van der Waals surface area contributed by atoms with Gasteiger partial charge in [0.25, 0.3) is 0 Å². The van der Waals surface area contributed by atoms with Gasteiger partial charge in [0.15, 0.2) is 5.79 Å². The van der Waals surface area contributed by atoms with Crippen LogP contribution in [-0.4, -0.2) is 33.2 Å². The molecule has 0 aliphatic carbocycles. The Bertz CT molecular complexity index is 414. The minimum atomic E-state index is -0.562. The fraction of sp³-hybridized carbons (Fsp3) is 0.727. The highest BCUT2D eigenvalue weighted by atomic mass is 16.7. The van der Waals surface area contributed by atoms with Gasteiger partial charge in [-0.15, -0.1) is 5.10 Å². The van der Waals surface area contributed by atoms with Crippen molar-refractivity contribution >= 4 is 5.78 Å². The Kier molecular flexibility index (Phi) is 3.26. The van der Waals surface area contributed by atoms with Crippen molar-refractivity contribution in [2.45, 2.75) is 45.6 Å². The van der Waals surface area contributed by atoms with E-state index in [1.807, 2.05) is 13.8 Å². The van der Waals surface area contributed by atoms with Crippen LogP contribution in [0.2, 0.25) is 0 Å². The molecule has 0 N–H and O–H groups in total. The number of nitrogens with zero attached hydrogens (tertiary/aromatic N) is 3. The highest BCUT2D eigenvalue weighted by Crippen LogP contribution is 2.31. The molecule has 0 amide bonds. The van der Waals surface area contributed by atoms with E-state index in [0.29, 0.717) is 19.6 Å². The van der Waals surface area contributed by atoms with Crippen LogP contribution in [0.1, 0.15) is 39.0 Å². The zero-order chi connectivity index (χ0) is 12.5. The summed E-state index contributed by atoms with van der Waals surface area (Å²) in [6, 6.07) is 0. The van der Waals surface area contributed by atoms with Crippen molar-refractivity contribution in [1.29, 1.82) is 0 Å². The number of hydrogen-bond donors (Lipinski definition) is 0. The molecule has 1 aliphatic rings. The van der Waals surface area contributed by atoms with Crippen LogP contribution < -0.4 is 0 Å². The van der Waals surface area contributed by atoms with Gasteiger partial charge < -0.3 is 9.47 Å². The minimum absolute atomic E-state index is 0.142. The first-order chi connectivity index (χ1) is 7.96. The second-order valence-corrected chi connectivity index (χ2v) is 4.68. The van der Waals surface area contributed by atoms with Gasteiger partial charge in [-0.3, -0.25) is 9.48 Å². The Morgan fingerprint density at radius 2 is 2.41 bits per heavy atom. The van der Waals surface area contributed by atoms with Crippen molar-refractivity contribution in [2.24, 2.45) is 0 Å². The molecule has 1 aromatic heterocycles. The predicted molar refractivity (Wildman–Crippen MR) is 59.2 cm³/mol. The SMILES string of the molecule is CC(=O)CCn1cc(C2COC(C)(C)O2)nn1. The van der Waals surface area contributed by atoms with Crippen LogP contribution in [0.15, 0.2) is 6.20 Å². The van der Waals surface area contributed by atoms with Crippen LogP contribution in [0.3, 0.4) is 0 Å². The van der Waals surface area contributed by atoms with Gasteiger partial charge in [-0.25, -0.2) is 0 Å². The van der Waals surface area contributed by atoms with Gasteiger partial charge in [0.1, 0.15) is 17.6 Å². The molecule has 1 atom stereocenters. The van der Waals surface area contributed by atoms with Crippen LogP contribution in [-0.2, 0) is 20.8 Å². The first-order valence-corrected chi connectivity index (χ1v) is 5.67. The summed E-state index contributed by atoms with van der Waals surface area (Å²) >= 11 is 0. The molecule has 0 bridgehead atoms. The summed E-state index contributed by atoms with van der Waals surface area (Å²) in [5.41, 5.74) is 0.749. The zero-order valence-electron chi connectivity index (χ0n) is 10.3. The van der Waals surface area contributed by atoms with E-state index >= 15 is 0 Å². The van der Waals surface area contributed by atoms with E-state index in [0.717, 1.165) is 5.69 Å². The van der Waals surface area contributed by atoms with Crippen LogP contribution in [0.25, 0.3) is 0 Å². The van der Waals surface area contributed by atoms with Crippen molar-refractivity contribution in [1.82, 2.24) is 15.0 Å². The number of carbonyl (C=O) groups excluding carboxylic acids is 1. The molecule has 17 heavy (non-hydrogen) atoms. The Morgan fingerprint density at radius 1 is 1.65 bits per heavy atom. The number of Topliss-reactive ketones (excluding diaryl/α,β-unsaturated/α-hetero) is 1. The van der Waals surface area contributed by atoms with Crippen molar-refractivity contribution < 1.29 is 14.3 Å². The van der Waals surface area contributed by atoms with Crippen LogP contribution >= 0.6 is 0 Å². The largest absolute Gasteiger partial charge is 0.347 e. The quantitative estimate of drug-likeness (QED) is 0.786. The molecule has 0 aromatic carbocycles. The topological polar surface area (TPSA) is 66.2 Å². The number of rotatable bonds is 4. The van der Waals surface area contributed by atoms with Crippen LogP contribution in [0.5, 0.6) is 0 Å². The maximum atomic E-state index is 10.9. The molecular formula is C11H17N3O3.